The van der Waals surface area contributed by atoms with E-state index in [4.69, 9.17) is 10.5 Å². The minimum atomic E-state index is -0.362. The van der Waals surface area contributed by atoms with Crippen LogP contribution in [-0.4, -0.2) is 12.5 Å². The number of rotatable bonds is 4. The molecule has 1 amide bonds. The third kappa shape index (κ3) is 3.11. The van der Waals surface area contributed by atoms with Crippen LogP contribution in [0.25, 0.3) is 0 Å². The van der Waals surface area contributed by atoms with Gasteiger partial charge in [0.1, 0.15) is 0 Å². The van der Waals surface area contributed by atoms with Crippen molar-refractivity contribution >= 4 is 5.91 Å². The molecule has 1 heterocycles. The molecule has 0 spiro atoms. The highest BCUT2D eigenvalue weighted by molar-refractivity contribution is 5.72. The highest BCUT2D eigenvalue weighted by Crippen LogP contribution is 2.04. The van der Waals surface area contributed by atoms with Gasteiger partial charge in [-0.05, 0) is 13.0 Å². The van der Waals surface area contributed by atoms with E-state index < -0.39 is 0 Å². The Bertz CT molecular complexity index is 299. The van der Waals surface area contributed by atoms with Crippen LogP contribution in [0.5, 0.6) is 5.75 Å². The van der Waals surface area contributed by atoms with Crippen LogP contribution in [0.4, 0.5) is 0 Å². The van der Waals surface area contributed by atoms with Crippen LogP contribution in [0, 0.1) is 0 Å². The van der Waals surface area contributed by atoms with E-state index in [0.29, 0.717) is 6.61 Å². The summed E-state index contributed by atoms with van der Waals surface area (Å²) in [7, 11) is 0. The van der Waals surface area contributed by atoms with E-state index in [1.807, 2.05) is 19.1 Å². The monoisotopic (exact) mass is 181 g/mol. The van der Waals surface area contributed by atoms with E-state index >= 15 is 0 Å². The molecule has 0 radical (unpaired) electrons. The lowest BCUT2D eigenvalue weighted by Crippen LogP contribution is -2.40. The van der Waals surface area contributed by atoms with Gasteiger partial charge in [-0.15, -0.1) is 0 Å². The average Bonchev–Trinajstić information content (AvgIpc) is 2.04. The van der Waals surface area contributed by atoms with Gasteiger partial charge in [0.15, 0.2) is 11.9 Å². The Morgan fingerprint density at radius 2 is 2.46 bits per heavy atom. The fourth-order valence-electron chi connectivity index (χ4n) is 1.03. The molecule has 0 atom stereocenters. The first-order chi connectivity index (χ1) is 6.22. The van der Waals surface area contributed by atoms with Gasteiger partial charge in [0.2, 0.25) is 12.7 Å². The molecular weight excluding hydrogens is 168 g/mol. The summed E-state index contributed by atoms with van der Waals surface area (Å²) >= 11 is 0. The fraction of sp³-hybridized carbons (Fsp3) is 0.333. The second kappa shape index (κ2) is 4.45. The first-order valence-corrected chi connectivity index (χ1v) is 4.12. The third-order valence-electron chi connectivity index (χ3n) is 1.48. The van der Waals surface area contributed by atoms with Gasteiger partial charge in [0.25, 0.3) is 5.91 Å². The number of primary amides is 1. The average molecular weight is 181 g/mol. The SMILES string of the molecule is CCOc1ccc[n+](CC(N)=O)c1. The minimum absolute atomic E-state index is 0.181. The number of hydrogen-bond donors (Lipinski definition) is 1. The summed E-state index contributed by atoms with van der Waals surface area (Å²) in [4.78, 5) is 10.6. The Morgan fingerprint density at radius 1 is 1.69 bits per heavy atom. The Hall–Kier alpha value is -1.58. The number of nitrogens with zero attached hydrogens (tertiary/aromatic N) is 1. The van der Waals surface area contributed by atoms with Crippen molar-refractivity contribution in [3.63, 3.8) is 0 Å². The van der Waals surface area contributed by atoms with Gasteiger partial charge in [-0.1, -0.05) is 0 Å². The van der Waals surface area contributed by atoms with Crippen LogP contribution in [0.2, 0.25) is 0 Å². The van der Waals surface area contributed by atoms with Crippen molar-refractivity contribution in [3.8, 4) is 5.75 Å². The Balaban J connectivity index is 2.73. The molecule has 1 rings (SSSR count). The van der Waals surface area contributed by atoms with Crippen molar-refractivity contribution in [2.45, 2.75) is 13.5 Å². The smallest absolute Gasteiger partial charge is 0.283 e. The van der Waals surface area contributed by atoms with Crippen LogP contribution < -0.4 is 15.0 Å². The zero-order valence-corrected chi connectivity index (χ0v) is 7.56. The molecule has 0 saturated heterocycles. The molecule has 13 heavy (non-hydrogen) atoms. The maximum absolute atomic E-state index is 10.6. The van der Waals surface area contributed by atoms with E-state index in [2.05, 4.69) is 0 Å². The van der Waals surface area contributed by atoms with Crippen LogP contribution >= 0.6 is 0 Å². The molecule has 2 N–H and O–H groups in total. The van der Waals surface area contributed by atoms with Crippen LogP contribution in [0.1, 0.15) is 6.92 Å². The quantitative estimate of drug-likeness (QED) is 0.657. The molecule has 0 aliphatic heterocycles. The molecule has 4 nitrogen and oxygen atoms in total. The van der Waals surface area contributed by atoms with E-state index in [-0.39, 0.29) is 12.5 Å². The molecule has 0 fully saturated rings. The zero-order chi connectivity index (χ0) is 9.68. The maximum Gasteiger partial charge on any atom is 0.283 e. The van der Waals surface area contributed by atoms with Gasteiger partial charge in [-0.25, -0.2) is 0 Å². The zero-order valence-electron chi connectivity index (χ0n) is 7.56. The van der Waals surface area contributed by atoms with Crippen LogP contribution in [0.15, 0.2) is 24.5 Å². The topological polar surface area (TPSA) is 56.2 Å². The summed E-state index contributed by atoms with van der Waals surface area (Å²) in [5.41, 5.74) is 5.05. The predicted molar refractivity (Wildman–Crippen MR) is 47.0 cm³/mol. The first kappa shape index (κ1) is 9.51. The highest BCUT2D eigenvalue weighted by atomic mass is 16.5. The second-order valence-corrected chi connectivity index (χ2v) is 2.61. The molecule has 0 aliphatic carbocycles. The Labute approximate surface area is 76.9 Å². The minimum Gasteiger partial charge on any atom is -0.488 e. The largest absolute Gasteiger partial charge is 0.488 e. The lowest BCUT2D eigenvalue weighted by molar-refractivity contribution is -0.684. The van der Waals surface area contributed by atoms with Crippen LogP contribution in [-0.2, 0) is 11.3 Å². The van der Waals surface area contributed by atoms with Gasteiger partial charge in [0.05, 0.1) is 6.61 Å². The second-order valence-electron chi connectivity index (χ2n) is 2.61. The molecule has 0 aliphatic rings. The number of pyridine rings is 1. The van der Waals surface area contributed by atoms with E-state index in [1.165, 1.54) is 0 Å². The molecular formula is C9H13N2O2+. The predicted octanol–water partition coefficient (Wildman–Crippen LogP) is -0.142. The fourth-order valence-corrected chi connectivity index (χ4v) is 1.03. The Morgan fingerprint density at radius 3 is 3.08 bits per heavy atom. The molecule has 0 unspecified atom stereocenters. The summed E-state index contributed by atoms with van der Waals surface area (Å²) in [6, 6.07) is 3.65. The number of hydrogen-bond acceptors (Lipinski definition) is 2. The Kier molecular flexibility index (Phi) is 3.25. The lowest BCUT2D eigenvalue weighted by Gasteiger charge is -2.00. The van der Waals surface area contributed by atoms with Gasteiger partial charge in [-0.3, -0.25) is 4.79 Å². The summed E-state index contributed by atoms with van der Waals surface area (Å²) in [5, 5.41) is 0. The van der Waals surface area contributed by atoms with Crippen LogP contribution in [0.3, 0.4) is 0 Å². The highest BCUT2D eigenvalue weighted by Gasteiger charge is 2.05. The van der Waals surface area contributed by atoms with Crippen molar-refractivity contribution in [3.05, 3.63) is 24.5 Å². The first-order valence-electron chi connectivity index (χ1n) is 4.12. The van der Waals surface area contributed by atoms with Crippen molar-refractivity contribution in [1.82, 2.24) is 0 Å². The molecule has 0 bridgehead atoms. The van der Waals surface area contributed by atoms with Crippen molar-refractivity contribution in [1.29, 1.82) is 0 Å². The number of carbonyl (C=O) groups is 1. The molecule has 4 heteroatoms. The molecule has 1 aromatic heterocycles. The third-order valence-corrected chi connectivity index (χ3v) is 1.48. The number of ether oxygens (including phenoxy) is 1. The standard InChI is InChI=1S/C9H12N2O2/c1-2-13-8-4-3-5-11(6-8)7-9(10)12/h3-6H,2,7H2,1H3,(H-,10,12)/p+1. The van der Waals surface area contributed by atoms with E-state index in [9.17, 15) is 4.79 Å². The molecule has 1 aromatic rings. The van der Waals surface area contributed by atoms with Crippen molar-refractivity contribution in [2.24, 2.45) is 5.73 Å². The summed E-state index contributed by atoms with van der Waals surface area (Å²) < 4.78 is 6.94. The van der Waals surface area contributed by atoms with Crippen molar-refractivity contribution in [2.75, 3.05) is 6.61 Å². The van der Waals surface area contributed by atoms with Gasteiger partial charge in [-0.2, -0.15) is 4.57 Å². The molecule has 70 valence electrons. The van der Waals surface area contributed by atoms with Gasteiger partial charge >= 0.3 is 0 Å². The number of carbonyl (C=O) groups excluding carboxylic acids is 1. The summed E-state index contributed by atoms with van der Waals surface area (Å²) in [6.07, 6.45) is 3.52. The van der Waals surface area contributed by atoms with E-state index in [1.54, 1.807) is 17.0 Å². The summed E-state index contributed by atoms with van der Waals surface area (Å²) in [6.45, 7) is 2.70. The van der Waals surface area contributed by atoms with Crippen molar-refractivity contribution < 1.29 is 14.1 Å². The number of nitrogens with two attached hydrogens (primary N) is 1. The van der Waals surface area contributed by atoms with Gasteiger partial charge < -0.3 is 10.5 Å². The summed E-state index contributed by atoms with van der Waals surface area (Å²) in [5.74, 6) is 0.380. The van der Waals surface area contributed by atoms with Gasteiger partial charge in [0, 0.05) is 6.07 Å². The number of amides is 1. The lowest BCUT2D eigenvalue weighted by atomic mass is 10.4. The molecule has 0 aromatic carbocycles. The maximum atomic E-state index is 10.6. The van der Waals surface area contributed by atoms with E-state index in [0.717, 1.165) is 5.75 Å². The molecule has 0 saturated carbocycles. The normalized spacial score (nSPS) is 9.62. The number of aromatic nitrogens is 1.